The summed E-state index contributed by atoms with van der Waals surface area (Å²) in [4.78, 5) is 14.9. The molecule has 0 bridgehead atoms. The van der Waals surface area contributed by atoms with Gasteiger partial charge in [0.15, 0.2) is 0 Å². The second-order valence-electron chi connectivity index (χ2n) is 11.0. The highest BCUT2D eigenvalue weighted by molar-refractivity contribution is 7.92. The zero-order valence-electron chi connectivity index (χ0n) is 24.9. The third-order valence-electron chi connectivity index (χ3n) is 7.86. The minimum absolute atomic E-state index is 0.0707. The van der Waals surface area contributed by atoms with Crippen LogP contribution >= 0.6 is 23.2 Å². The zero-order valence-corrected chi connectivity index (χ0v) is 27.2. The van der Waals surface area contributed by atoms with Crippen LogP contribution in [0.25, 0.3) is 0 Å². The Bertz CT molecular complexity index is 1640. The van der Waals surface area contributed by atoms with E-state index in [0.29, 0.717) is 41.0 Å². The molecule has 8 nitrogen and oxygen atoms in total. The van der Waals surface area contributed by atoms with Crippen LogP contribution < -0.4 is 20.1 Å². The summed E-state index contributed by atoms with van der Waals surface area (Å²) in [5.41, 5.74) is 9.61. The molecule has 0 aromatic heterocycles. The molecule has 45 heavy (non-hydrogen) atoms. The van der Waals surface area contributed by atoms with Gasteiger partial charge in [0.2, 0.25) is 15.9 Å². The molecule has 1 saturated heterocycles. The Labute approximate surface area is 274 Å². The number of sulfonamides is 1. The predicted molar refractivity (Wildman–Crippen MR) is 180 cm³/mol. The third-order valence-corrected chi connectivity index (χ3v) is 10.2. The SMILES string of the molecule is COc1cccc(N(C2CN(C(c3ccc(Cl)cc3)c3ccc(Cl)cc3)C2)S(=O)(=O)CCNC(=O)C(N)Cc2ccccc2)c1. The Kier molecular flexibility index (Phi) is 10.7. The van der Waals surface area contributed by atoms with E-state index in [2.05, 4.69) is 10.2 Å². The highest BCUT2D eigenvalue weighted by Gasteiger charge is 2.42. The topological polar surface area (TPSA) is 105 Å². The molecule has 1 unspecified atom stereocenters. The quantitative estimate of drug-likeness (QED) is 0.201. The van der Waals surface area contributed by atoms with Crippen molar-refractivity contribution in [3.63, 3.8) is 0 Å². The summed E-state index contributed by atoms with van der Waals surface area (Å²) in [6.07, 6.45) is 0.357. The van der Waals surface area contributed by atoms with Crippen LogP contribution in [0.4, 0.5) is 5.69 Å². The maximum absolute atomic E-state index is 14.0. The number of methoxy groups -OCH3 is 1. The molecule has 1 amide bonds. The summed E-state index contributed by atoms with van der Waals surface area (Å²) in [5, 5.41) is 3.99. The smallest absolute Gasteiger partial charge is 0.237 e. The normalized spacial score (nSPS) is 14.5. The Morgan fingerprint density at radius 2 is 1.53 bits per heavy atom. The number of benzene rings is 4. The fourth-order valence-corrected chi connectivity index (χ4v) is 7.42. The van der Waals surface area contributed by atoms with Crippen LogP contribution in [-0.2, 0) is 21.2 Å². The standard InChI is InChI=1S/C34H36Cl2N4O4S/c1-44-31-9-5-8-29(21-31)40(45(42,43)19-18-38-34(41)32(37)20-24-6-3-2-4-7-24)30-22-39(23-30)33(25-10-14-27(35)15-11-25)26-12-16-28(36)17-13-26/h2-17,21,30,32-33H,18-20,22-23,37H2,1H3,(H,38,41). The maximum atomic E-state index is 14.0. The van der Waals surface area contributed by atoms with E-state index in [0.717, 1.165) is 16.7 Å². The first-order valence-electron chi connectivity index (χ1n) is 14.6. The number of carbonyl (C=O) groups is 1. The average molecular weight is 668 g/mol. The van der Waals surface area contributed by atoms with Gasteiger partial charge < -0.3 is 15.8 Å². The molecular weight excluding hydrogens is 631 g/mol. The van der Waals surface area contributed by atoms with Crippen LogP contribution in [0.15, 0.2) is 103 Å². The molecule has 4 aromatic rings. The number of carbonyl (C=O) groups excluding carboxylic acids is 1. The number of amides is 1. The van der Waals surface area contributed by atoms with Crippen LogP contribution in [0.5, 0.6) is 5.75 Å². The van der Waals surface area contributed by atoms with Crippen molar-refractivity contribution in [3.05, 3.63) is 130 Å². The number of nitrogens with one attached hydrogen (secondary N) is 1. The first-order chi connectivity index (χ1) is 21.6. The lowest BCUT2D eigenvalue weighted by atomic mass is 9.93. The maximum Gasteiger partial charge on any atom is 0.237 e. The number of nitrogens with two attached hydrogens (primary N) is 1. The molecule has 4 aromatic carbocycles. The second-order valence-corrected chi connectivity index (χ2v) is 13.9. The molecule has 0 aliphatic carbocycles. The molecule has 236 valence electrons. The highest BCUT2D eigenvalue weighted by atomic mass is 35.5. The molecule has 1 atom stereocenters. The van der Waals surface area contributed by atoms with Crippen molar-refractivity contribution in [2.45, 2.75) is 24.5 Å². The van der Waals surface area contributed by atoms with Gasteiger partial charge in [0, 0.05) is 35.7 Å². The van der Waals surface area contributed by atoms with E-state index in [1.807, 2.05) is 78.9 Å². The first-order valence-corrected chi connectivity index (χ1v) is 17.0. The number of halogens is 2. The number of hydrogen-bond acceptors (Lipinski definition) is 6. The Hall–Kier alpha value is -3.60. The summed E-state index contributed by atoms with van der Waals surface area (Å²) < 4.78 is 34.8. The summed E-state index contributed by atoms with van der Waals surface area (Å²) >= 11 is 12.4. The van der Waals surface area contributed by atoms with Crippen molar-refractivity contribution in [1.82, 2.24) is 10.2 Å². The highest BCUT2D eigenvalue weighted by Crippen LogP contribution is 2.37. The predicted octanol–water partition coefficient (Wildman–Crippen LogP) is 5.30. The summed E-state index contributed by atoms with van der Waals surface area (Å²) in [5.74, 6) is -0.141. The van der Waals surface area contributed by atoms with Crippen LogP contribution in [0.2, 0.25) is 10.0 Å². The molecule has 1 aliphatic heterocycles. The van der Waals surface area contributed by atoms with Gasteiger partial charge in [-0.05, 0) is 59.5 Å². The van der Waals surface area contributed by atoms with Crippen LogP contribution in [0.3, 0.4) is 0 Å². The summed E-state index contributed by atoms with van der Waals surface area (Å²) in [6, 6.07) is 30.5. The number of rotatable bonds is 13. The number of hydrogen-bond donors (Lipinski definition) is 2. The van der Waals surface area contributed by atoms with Gasteiger partial charge in [0.1, 0.15) is 5.75 Å². The largest absolute Gasteiger partial charge is 0.497 e. The van der Waals surface area contributed by atoms with E-state index in [4.69, 9.17) is 33.7 Å². The van der Waals surface area contributed by atoms with E-state index in [9.17, 15) is 13.2 Å². The zero-order chi connectivity index (χ0) is 32.0. The monoisotopic (exact) mass is 666 g/mol. The molecule has 1 aliphatic rings. The van der Waals surface area contributed by atoms with Gasteiger partial charge in [-0.15, -0.1) is 0 Å². The average Bonchev–Trinajstić information content (AvgIpc) is 3.01. The Morgan fingerprint density at radius 1 is 0.933 bits per heavy atom. The number of nitrogens with zero attached hydrogens (tertiary/aromatic N) is 2. The molecule has 0 radical (unpaired) electrons. The molecular formula is C34H36Cl2N4O4S. The second kappa shape index (κ2) is 14.7. The molecule has 0 spiro atoms. The fourth-order valence-electron chi connectivity index (χ4n) is 5.59. The van der Waals surface area contributed by atoms with E-state index in [1.165, 1.54) is 4.31 Å². The lowest BCUT2D eigenvalue weighted by molar-refractivity contribution is -0.122. The van der Waals surface area contributed by atoms with Gasteiger partial charge in [-0.3, -0.25) is 14.0 Å². The molecule has 3 N–H and O–H groups in total. The fraction of sp³-hybridized carbons (Fsp3) is 0.265. The van der Waals surface area contributed by atoms with Crippen molar-refractivity contribution in [2.75, 3.05) is 36.8 Å². The van der Waals surface area contributed by atoms with E-state index in [-0.39, 0.29) is 24.4 Å². The summed E-state index contributed by atoms with van der Waals surface area (Å²) in [6.45, 7) is 0.875. The van der Waals surface area contributed by atoms with Gasteiger partial charge in [-0.2, -0.15) is 0 Å². The van der Waals surface area contributed by atoms with Crippen LogP contribution in [-0.4, -0.2) is 63.8 Å². The molecule has 1 fully saturated rings. The molecule has 11 heteroatoms. The molecule has 5 rings (SSSR count). The first kappa shape index (κ1) is 32.8. The summed E-state index contributed by atoms with van der Waals surface area (Å²) in [7, 11) is -2.33. The Morgan fingerprint density at radius 3 is 2.11 bits per heavy atom. The van der Waals surface area contributed by atoms with Gasteiger partial charge in [-0.1, -0.05) is 83.9 Å². The minimum Gasteiger partial charge on any atom is -0.497 e. The van der Waals surface area contributed by atoms with Crippen LogP contribution in [0.1, 0.15) is 22.7 Å². The van der Waals surface area contributed by atoms with Crippen molar-refractivity contribution < 1.29 is 17.9 Å². The van der Waals surface area contributed by atoms with Crippen molar-refractivity contribution in [1.29, 1.82) is 0 Å². The van der Waals surface area contributed by atoms with Crippen LogP contribution in [0, 0.1) is 0 Å². The van der Waals surface area contributed by atoms with Gasteiger partial charge >= 0.3 is 0 Å². The van der Waals surface area contributed by atoms with E-state index >= 15 is 0 Å². The van der Waals surface area contributed by atoms with Gasteiger partial charge in [-0.25, -0.2) is 8.42 Å². The van der Waals surface area contributed by atoms with Gasteiger partial charge in [0.05, 0.1) is 36.7 Å². The van der Waals surface area contributed by atoms with Gasteiger partial charge in [0.25, 0.3) is 0 Å². The van der Waals surface area contributed by atoms with E-state index in [1.54, 1.807) is 31.4 Å². The lowest BCUT2D eigenvalue weighted by Crippen LogP contribution is -2.62. The van der Waals surface area contributed by atoms with Crippen molar-refractivity contribution >= 4 is 44.8 Å². The van der Waals surface area contributed by atoms with Crippen molar-refractivity contribution in [3.8, 4) is 5.75 Å². The van der Waals surface area contributed by atoms with Crippen molar-refractivity contribution in [2.24, 2.45) is 5.73 Å². The Balaban J connectivity index is 1.33. The molecule has 0 saturated carbocycles. The lowest BCUT2D eigenvalue weighted by Gasteiger charge is -2.49. The van der Waals surface area contributed by atoms with E-state index < -0.39 is 22.0 Å². The number of ether oxygens (including phenoxy) is 1. The minimum atomic E-state index is -3.87. The third kappa shape index (κ3) is 8.17. The number of anilines is 1. The number of likely N-dealkylation sites (tertiary alicyclic amines) is 1. The molecule has 1 heterocycles.